The predicted molar refractivity (Wildman–Crippen MR) is 74.6 cm³/mol. The van der Waals surface area contributed by atoms with E-state index in [0.29, 0.717) is 18.2 Å². The molecule has 2 saturated carbocycles. The summed E-state index contributed by atoms with van der Waals surface area (Å²) in [6, 6.07) is 1.80. The number of rotatable bonds is 5. The number of nitrogen functional groups attached to an aromatic ring is 1. The van der Waals surface area contributed by atoms with Gasteiger partial charge >= 0.3 is 0 Å². The van der Waals surface area contributed by atoms with Gasteiger partial charge in [0.2, 0.25) is 0 Å². The van der Waals surface area contributed by atoms with Crippen LogP contribution in [0, 0.1) is 17.8 Å². The molecule has 104 valence electrons. The summed E-state index contributed by atoms with van der Waals surface area (Å²) in [5.41, 5.74) is 5.79. The van der Waals surface area contributed by atoms with E-state index < -0.39 is 0 Å². The second-order valence-corrected chi connectivity index (χ2v) is 5.84. The van der Waals surface area contributed by atoms with Gasteiger partial charge in [0, 0.05) is 19.7 Å². The van der Waals surface area contributed by atoms with Gasteiger partial charge in [-0.15, -0.1) is 0 Å². The molecule has 0 aromatic carbocycles. The van der Waals surface area contributed by atoms with Crippen molar-refractivity contribution in [2.24, 2.45) is 17.8 Å². The second kappa shape index (κ2) is 5.33. The number of fused-ring (bicyclic) bond motifs is 2. The van der Waals surface area contributed by atoms with Crippen molar-refractivity contribution in [1.82, 2.24) is 9.97 Å². The fourth-order valence-corrected chi connectivity index (χ4v) is 3.66. The molecule has 1 aromatic heterocycles. The smallest absolute Gasteiger partial charge is 0.158 e. The Morgan fingerprint density at radius 2 is 2.26 bits per heavy atom. The van der Waals surface area contributed by atoms with Crippen LogP contribution in [0.5, 0.6) is 0 Å². The molecular weight excluding hydrogens is 240 g/mol. The lowest BCUT2D eigenvalue weighted by Gasteiger charge is -2.22. The van der Waals surface area contributed by atoms with E-state index in [0.717, 1.165) is 30.1 Å². The molecule has 19 heavy (non-hydrogen) atoms. The first-order chi connectivity index (χ1) is 9.24. The van der Waals surface area contributed by atoms with Gasteiger partial charge in [-0.2, -0.15) is 0 Å². The molecule has 0 saturated heterocycles. The molecule has 2 aliphatic rings. The first-order valence-electron chi connectivity index (χ1n) is 7.11. The van der Waals surface area contributed by atoms with Crippen molar-refractivity contribution in [3.8, 4) is 0 Å². The van der Waals surface area contributed by atoms with Crippen molar-refractivity contribution in [3.05, 3.63) is 11.9 Å². The van der Waals surface area contributed by atoms with Gasteiger partial charge in [0.15, 0.2) is 5.82 Å². The van der Waals surface area contributed by atoms with Crippen LogP contribution in [0.1, 0.15) is 31.5 Å². The quantitative estimate of drug-likeness (QED) is 0.849. The van der Waals surface area contributed by atoms with Crippen LogP contribution in [0.2, 0.25) is 0 Å². The molecule has 3 unspecified atom stereocenters. The number of nitrogens with zero attached hydrogens (tertiary/aromatic N) is 2. The summed E-state index contributed by atoms with van der Waals surface area (Å²) in [5.74, 6) is 4.67. The van der Waals surface area contributed by atoms with Crippen LogP contribution in [-0.4, -0.2) is 23.6 Å². The number of hydrogen-bond donors (Lipinski definition) is 2. The molecular formula is C14H22N4O. The van der Waals surface area contributed by atoms with E-state index in [1.165, 1.54) is 25.7 Å². The van der Waals surface area contributed by atoms with E-state index in [2.05, 4.69) is 15.3 Å². The summed E-state index contributed by atoms with van der Waals surface area (Å²) in [7, 11) is 1.63. The fraction of sp³-hybridized carbons (Fsp3) is 0.714. The van der Waals surface area contributed by atoms with E-state index >= 15 is 0 Å². The third kappa shape index (κ3) is 2.81. The molecule has 5 heteroatoms. The van der Waals surface area contributed by atoms with Crippen molar-refractivity contribution < 1.29 is 4.74 Å². The number of aromatic nitrogens is 2. The molecule has 0 spiro atoms. The monoisotopic (exact) mass is 262 g/mol. The number of nitrogens with one attached hydrogen (secondary N) is 1. The number of nitrogens with two attached hydrogens (primary N) is 1. The number of ether oxygens (including phenoxy) is 1. The van der Waals surface area contributed by atoms with Crippen LogP contribution >= 0.6 is 0 Å². The van der Waals surface area contributed by atoms with Crippen LogP contribution in [0.15, 0.2) is 6.07 Å². The summed E-state index contributed by atoms with van der Waals surface area (Å²) >= 11 is 0. The lowest BCUT2D eigenvalue weighted by molar-refractivity contribution is 0.178. The molecule has 2 fully saturated rings. The molecule has 0 aliphatic heterocycles. The summed E-state index contributed by atoms with van der Waals surface area (Å²) in [4.78, 5) is 8.56. The summed E-state index contributed by atoms with van der Waals surface area (Å²) in [6.45, 7) is 1.40. The topological polar surface area (TPSA) is 73.1 Å². The first-order valence-corrected chi connectivity index (χ1v) is 7.11. The second-order valence-electron chi connectivity index (χ2n) is 5.84. The number of methoxy groups -OCH3 is 1. The fourth-order valence-electron chi connectivity index (χ4n) is 3.66. The Labute approximate surface area is 114 Å². The Morgan fingerprint density at radius 3 is 2.95 bits per heavy atom. The molecule has 2 aliphatic carbocycles. The molecule has 3 rings (SSSR count). The van der Waals surface area contributed by atoms with Crippen LogP contribution in [0.3, 0.4) is 0 Å². The average molecular weight is 262 g/mol. The van der Waals surface area contributed by atoms with Crippen LogP contribution in [0.4, 0.5) is 11.6 Å². The standard InChI is InChI=1S/C14H22N4O/c1-19-8-14-17-12(15)6-13(18-14)16-7-11-5-9-2-3-10(11)4-9/h6,9-11H,2-5,7-8H2,1H3,(H3,15,16,17,18). The van der Waals surface area contributed by atoms with Gasteiger partial charge < -0.3 is 15.8 Å². The van der Waals surface area contributed by atoms with Crippen LogP contribution in [0.25, 0.3) is 0 Å². The number of anilines is 2. The first kappa shape index (κ1) is 12.7. The zero-order chi connectivity index (χ0) is 13.2. The summed E-state index contributed by atoms with van der Waals surface area (Å²) in [6.07, 6.45) is 5.67. The minimum absolute atomic E-state index is 0.397. The van der Waals surface area contributed by atoms with Crippen LogP contribution < -0.4 is 11.1 Å². The molecule has 3 atom stereocenters. The minimum Gasteiger partial charge on any atom is -0.384 e. The van der Waals surface area contributed by atoms with E-state index in [4.69, 9.17) is 10.5 Å². The summed E-state index contributed by atoms with van der Waals surface area (Å²) < 4.78 is 5.05. The van der Waals surface area contributed by atoms with Gasteiger partial charge in [0.05, 0.1) is 0 Å². The highest BCUT2D eigenvalue weighted by atomic mass is 16.5. The SMILES string of the molecule is COCc1nc(N)cc(NCC2CC3CCC2C3)n1. The van der Waals surface area contributed by atoms with Crippen molar-refractivity contribution >= 4 is 11.6 Å². The average Bonchev–Trinajstić information content (AvgIpc) is 2.98. The molecule has 5 nitrogen and oxygen atoms in total. The van der Waals surface area contributed by atoms with Gasteiger partial charge in [-0.05, 0) is 37.0 Å². The third-order valence-electron chi connectivity index (χ3n) is 4.50. The maximum absolute atomic E-state index is 5.79. The van der Waals surface area contributed by atoms with E-state index in [9.17, 15) is 0 Å². The molecule has 1 heterocycles. The Hall–Kier alpha value is -1.36. The zero-order valence-corrected chi connectivity index (χ0v) is 11.4. The third-order valence-corrected chi connectivity index (χ3v) is 4.50. The molecule has 2 bridgehead atoms. The predicted octanol–water partition coefficient (Wildman–Crippen LogP) is 2.05. The van der Waals surface area contributed by atoms with E-state index in [1.54, 1.807) is 13.2 Å². The Balaban J connectivity index is 1.60. The molecule has 0 radical (unpaired) electrons. The van der Waals surface area contributed by atoms with Gasteiger partial charge in [-0.3, -0.25) is 0 Å². The molecule has 1 aromatic rings. The van der Waals surface area contributed by atoms with Gasteiger partial charge in [0.1, 0.15) is 18.2 Å². The van der Waals surface area contributed by atoms with Crippen molar-refractivity contribution in [2.45, 2.75) is 32.3 Å². The largest absolute Gasteiger partial charge is 0.384 e. The highest BCUT2D eigenvalue weighted by Crippen LogP contribution is 2.48. The Bertz CT molecular complexity index is 451. The van der Waals surface area contributed by atoms with Crippen molar-refractivity contribution in [1.29, 1.82) is 0 Å². The number of hydrogen-bond acceptors (Lipinski definition) is 5. The normalized spacial score (nSPS) is 28.8. The lowest BCUT2D eigenvalue weighted by Crippen LogP contribution is -2.21. The zero-order valence-electron chi connectivity index (χ0n) is 11.4. The maximum Gasteiger partial charge on any atom is 0.158 e. The van der Waals surface area contributed by atoms with Crippen LogP contribution in [-0.2, 0) is 11.3 Å². The Kier molecular flexibility index (Phi) is 3.55. The van der Waals surface area contributed by atoms with Crippen molar-refractivity contribution in [3.63, 3.8) is 0 Å². The molecule has 3 N–H and O–H groups in total. The van der Waals surface area contributed by atoms with Gasteiger partial charge in [-0.1, -0.05) is 6.42 Å². The van der Waals surface area contributed by atoms with E-state index in [-0.39, 0.29) is 0 Å². The minimum atomic E-state index is 0.397. The molecule has 0 amide bonds. The Morgan fingerprint density at radius 1 is 1.37 bits per heavy atom. The lowest BCUT2D eigenvalue weighted by atomic mass is 9.89. The highest BCUT2D eigenvalue weighted by molar-refractivity contribution is 5.44. The van der Waals surface area contributed by atoms with E-state index in [1.807, 2.05) is 0 Å². The summed E-state index contributed by atoms with van der Waals surface area (Å²) in [5, 5.41) is 3.42. The highest BCUT2D eigenvalue weighted by Gasteiger charge is 2.39. The van der Waals surface area contributed by atoms with Crippen molar-refractivity contribution in [2.75, 3.05) is 24.7 Å². The maximum atomic E-state index is 5.79. The van der Waals surface area contributed by atoms with Gasteiger partial charge in [0.25, 0.3) is 0 Å². The van der Waals surface area contributed by atoms with Gasteiger partial charge in [-0.25, -0.2) is 9.97 Å².